The van der Waals surface area contributed by atoms with Gasteiger partial charge in [0, 0.05) is 38.8 Å². The van der Waals surface area contributed by atoms with Crippen molar-refractivity contribution >= 4 is 53.5 Å². The summed E-state index contributed by atoms with van der Waals surface area (Å²) in [5.41, 5.74) is 1.05. The van der Waals surface area contributed by atoms with Gasteiger partial charge < -0.3 is 9.64 Å². The predicted molar refractivity (Wildman–Crippen MR) is 137 cm³/mol. The molecule has 0 bridgehead atoms. The number of benzene rings is 3. The molecule has 0 saturated carbocycles. The standard InChI is InChI=1S/C24H23Br2FN2O4S/c1-3-29(15-17-13-18(25)7-11-21(17)27)24(30)16-5-9-20(10-6-16)28-34(31,32)23-14-19(26)8-12-22(23)33-4-2/h5-14,28H,3-4,15H2,1-2H3. The molecule has 6 nitrogen and oxygen atoms in total. The lowest BCUT2D eigenvalue weighted by Gasteiger charge is -2.22. The van der Waals surface area contributed by atoms with E-state index < -0.39 is 15.8 Å². The van der Waals surface area contributed by atoms with Crippen molar-refractivity contribution in [2.75, 3.05) is 17.9 Å². The number of hydrogen-bond acceptors (Lipinski definition) is 4. The van der Waals surface area contributed by atoms with Gasteiger partial charge in [0.05, 0.1) is 6.61 Å². The van der Waals surface area contributed by atoms with Gasteiger partial charge in [-0.15, -0.1) is 0 Å². The van der Waals surface area contributed by atoms with Crippen LogP contribution < -0.4 is 9.46 Å². The third-order valence-electron chi connectivity index (χ3n) is 4.92. The van der Waals surface area contributed by atoms with Gasteiger partial charge in [-0.05, 0) is 74.5 Å². The summed E-state index contributed by atoms with van der Waals surface area (Å²) in [5.74, 6) is -0.441. The first-order valence-electron chi connectivity index (χ1n) is 10.4. The normalized spacial score (nSPS) is 11.2. The molecule has 10 heteroatoms. The zero-order valence-corrected chi connectivity index (χ0v) is 22.5. The zero-order chi connectivity index (χ0) is 24.9. The number of sulfonamides is 1. The number of amides is 1. The monoisotopic (exact) mass is 612 g/mol. The largest absolute Gasteiger partial charge is 0.492 e. The maximum absolute atomic E-state index is 14.1. The Kier molecular flexibility index (Phi) is 8.72. The molecular formula is C24H23Br2FN2O4S. The van der Waals surface area contributed by atoms with Crippen LogP contribution in [0.15, 0.2) is 74.5 Å². The molecule has 0 atom stereocenters. The molecule has 0 saturated heterocycles. The van der Waals surface area contributed by atoms with Crippen LogP contribution in [0.5, 0.6) is 5.75 Å². The Morgan fingerprint density at radius 1 is 1.00 bits per heavy atom. The van der Waals surface area contributed by atoms with Crippen molar-refractivity contribution in [2.24, 2.45) is 0 Å². The highest BCUT2D eigenvalue weighted by molar-refractivity contribution is 9.10. The average Bonchev–Trinajstić information content (AvgIpc) is 2.80. The first kappa shape index (κ1) is 26.2. The summed E-state index contributed by atoms with van der Waals surface area (Å²) in [6.07, 6.45) is 0. The molecule has 3 aromatic rings. The van der Waals surface area contributed by atoms with Crippen LogP contribution in [0.1, 0.15) is 29.8 Å². The summed E-state index contributed by atoms with van der Waals surface area (Å²) in [5, 5.41) is 0. The number of halogens is 3. The van der Waals surface area contributed by atoms with Crippen molar-refractivity contribution in [1.29, 1.82) is 0 Å². The number of nitrogens with zero attached hydrogens (tertiary/aromatic N) is 1. The maximum Gasteiger partial charge on any atom is 0.265 e. The van der Waals surface area contributed by atoms with E-state index >= 15 is 0 Å². The third-order valence-corrected chi connectivity index (χ3v) is 7.31. The Bertz CT molecular complexity index is 1280. The van der Waals surface area contributed by atoms with Gasteiger partial charge in [-0.2, -0.15) is 0 Å². The number of rotatable bonds is 9. The molecule has 0 aliphatic carbocycles. The van der Waals surface area contributed by atoms with E-state index in [0.29, 0.717) is 34.4 Å². The van der Waals surface area contributed by atoms with Crippen molar-refractivity contribution in [2.45, 2.75) is 25.3 Å². The van der Waals surface area contributed by atoms with Crippen molar-refractivity contribution in [3.63, 3.8) is 0 Å². The smallest absolute Gasteiger partial charge is 0.265 e. The number of nitrogens with one attached hydrogen (secondary N) is 1. The highest BCUT2D eigenvalue weighted by Gasteiger charge is 2.21. The number of ether oxygens (including phenoxy) is 1. The molecule has 0 radical (unpaired) electrons. The van der Waals surface area contributed by atoms with E-state index in [4.69, 9.17) is 4.74 Å². The molecule has 34 heavy (non-hydrogen) atoms. The highest BCUT2D eigenvalue weighted by Crippen LogP contribution is 2.29. The first-order chi connectivity index (χ1) is 16.1. The van der Waals surface area contributed by atoms with E-state index in [-0.39, 0.29) is 23.1 Å². The van der Waals surface area contributed by atoms with Gasteiger partial charge in [-0.1, -0.05) is 31.9 Å². The van der Waals surface area contributed by atoms with Gasteiger partial charge in [-0.25, -0.2) is 12.8 Å². The fourth-order valence-corrected chi connectivity index (χ4v) is 5.39. The molecule has 0 spiro atoms. The fourth-order valence-electron chi connectivity index (χ4n) is 3.24. The third kappa shape index (κ3) is 6.37. The Morgan fingerprint density at radius 2 is 1.65 bits per heavy atom. The number of carbonyl (C=O) groups is 1. The summed E-state index contributed by atoms with van der Waals surface area (Å²) in [4.78, 5) is 14.5. The van der Waals surface area contributed by atoms with Crippen LogP contribution in [0, 0.1) is 5.82 Å². The summed E-state index contributed by atoms with van der Waals surface area (Å²) in [6.45, 7) is 4.38. The molecule has 0 unspecified atom stereocenters. The van der Waals surface area contributed by atoms with Crippen LogP contribution in [0.2, 0.25) is 0 Å². The molecule has 3 rings (SSSR count). The second kappa shape index (κ2) is 11.3. The molecule has 0 heterocycles. The van der Waals surface area contributed by atoms with E-state index in [2.05, 4.69) is 36.6 Å². The Balaban J connectivity index is 1.78. The summed E-state index contributed by atoms with van der Waals surface area (Å²) >= 11 is 6.61. The number of carbonyl (C=O) groups excluding carboxylic acids is 1. The minimum Gasteiger partial charge on any atom is -0.492 e. The molecule has 0 fully saturated rings. The van der Waals surface area contributed by atoms with Crippen LogP contribution in [0.3, 0.4) is 0 Å². The minimum atomic E-state index is -3.94. The van der Waals surface area contributed by atoms with Crippen LogP contribution >= 0.6 is 31.9 Å². The van der Waals surface area contributed by atoms with Crippen LogP contribution in [0.25, 0.3) is 0 Å². The summed E-state index contributed by atoms with van der Waals surface area (Å²) in [6, 6.07) is 15.4. The van der Waals surface area contributed by atoms with Crippen LogP contribution in [0.4, 0.5) is 10.1 Å². The van der Waals surface area contributed by atoms with E-state index in [9.17, 15) is 17.6 Å². The Hall–Kier alpha value is -2.43. The van der Waals surface area contributed by atoms with Crippen molar-refractivity contribution in [1.82, 2.24) is 4.90 Å². The van der Waals surface area contributed by atoms with E-state index in [0.717, 1.165) is 4.47 Å². The lowest BCUT2D eigenvalue weighted by Crippen LogP contribution is -2.30. The first-order valence-corrected chi connectivity index (χ1v) is 13.5. The summed E-state index contributed by atoms with van der Waals surface area (Å²) in [7, 11) is -3.94. The SMILES string of the molecule is CCOc1ccc(Br)cc1S(=O)(=O)Nc1ccc(C(=O)N(CC)Cc2cc(Br)ccc2F)cc1. The molecule has 0 aliphatic heterocycles. The lowest BCUT2D eigenvalue weighted by atomic mass is 10.1. The van der Waals surface area contributed by atoms with Gasteiger partial charge in [0.1, 0.15) is 16.5 Å². The molecule has 1 amide bonds. The van der Waals surface area contributed by atoms with Crippen molar-refractivity contribution < 1.29 is 22.3 Å². The molecule has 0 aromatic heterocycles. The van der Waals surface area contributed by atoms with Crippen LogP contribution in [-0.2, 0) is 16.6 Å². The molecular weight excluding hydrogens is 591 g/mol. The van der Waals surface area contributed by atoms with Crippen LogP contribution in [-0.4, -0.2) is 32.4 Å². The summed E-state index contributed by atoms with van der Waals surface area (Å²) < 4.78 is 49.4. The van der Waals surface area contributed by atoms with Gasteiger partial charge >= 0.3 is 0 Å². The molecule has 0 aliphatic rings. The van der Waals surface area contributed by atoms with Crippen molar-refractivity contribution in [3.05, 3.63) is 86.6 Å². The highest BCUT2D eigenvalue weighted by atomic mass is 79.9. The predicted octanol–water partition coefficient (Wildman–Crippen LogP) is 6.21. The fraction of sp³-hybridized carbons (Fsp3) is 0.208. The second-order valence-corrected chi connectivity index (χ2v) is 10.7. The van der Waals surface area contributed by atoms with Crippen molar-refractivity contribution in [3.8, 4) is 5.75 Å². The van der Waals surface area contributed by atoms with E-state index in [1.807, 2.05) is 6.92 Å². The maximum atomic E-state index is 14.1. The van der Waals surface area contributed by atoms with Gasteiger partial charge in [0.2, 0.25) is 0 Å². The lowest BCUT2D eigenvalue weighted by molar-refractivity contribution is 0.0751. The van der Waals surface area contributed by atoms with E-state index in [1.165, 1.54) is 41.3 Å². The molecule has 3 aromatic carbocycles. The van der Waals surface area contributed by atoms with Gasteiger partial charge in [-0.3, -0.25) is 9.52 Å². The second-order valence-electron chi connectivity index (χ2n) is 7.26. The topological polar surface area (TPSA) is 75.7 Å². The average molecular weight is 614 g/mol. The van der Waals surface area contributed by atoms with E-state index in [1.54, 1.807) is 31.2 Å². The quantitative estimate of drug-likeness (QED) is 0.311. The Morgan fingerprint density at radius 3 is 2.29 bits per heavy atom. The Labute approximate surface area is 215 Å². The zero-order valence-electron chi connectivity index (χ0n) is 18.5. The number of anilines is 1. The van der Waals surface area contributed by atoms with Gasteiger partial charge in [0.15, 0.2) is 0 Å². The molecule has 1 N–H and O–H groups in total. The molecule has 180 valence electrons. The minimum absolute atomic E-state index is 0.00270. The number of hydrogen-bond donors (Lipinski definition) is 1. The van der Waals surface area contributed by atoms with Gasteiger partial charge in [0.25, 0.3) is 15.9 Å².